The molecule has 0 fully saturated rings. The fourth-order valence-electron chi connectivity index (χ4n) is 3.27. The van der Waals surface area contributed by atoms with Crippen LogP contribution in [0.5, 0.6) is 0 Å². The summed E-state index contributed by atoms with van der Waals surface area (Å²) in [5.74, 6) is 1.06. The molecule has 2 amide bonds. The van der Waals surface area contributed by atoms with E-state index >= 15 is 0 Å². The molecule has 0 spiro atoms. The molecule has 3 heterocycles. The number of benzene rings is 1. The van der Waals surface area contributed by atoms with Crippen LogP contribution in [-0.2, 0) is 33.0 Å². The highest BCUT2D eigenvalue weighted by Gasteiger charge is 2.32. The van der Waals surface area contributed by atoms with Gasteiger partial charge in [-0.1, -0.05) is 42.4 Å². The van der Waals surface area contributed by atoms with Gasteiger partial charge in [0.05, 0.1) is 18.8 Å². The summed E-state index contributed by atoms with van der Waals surface area (Å²) < 4.78 is 7.12. The lowest BCUT2D eigenvalue weighted by atomic mass is 10.1. The van der Waals surface area contributed by atoms with Gasteiger partial charge < -0.3 is 14.7 Å². The van der Waals surface area contributed by atoms with E-state index in [1.165, 1.54) is 5.56 Å². The molecule has 4 rings (SSSR count). The van der Waals surface area contributed by atoms with Crippen LogP contribution >= 0.6 is 0 Å². The maximum absolute atomic E-state index is 12.5. The minimum absolute atomic E-state index is 0.0761. The minimum Gasteiger partial charge on any atom is -0.338 e. The zero-order valence-corrected chi connectivity index (χ0v) is 15.5. The van der Waals surface area contributed by atoms with Gasteiger partial charge in [-0.2, -0.15) is 10.1 Å². The van der Waals surface area contributed by atoms with E-state index in [2.05, 4.69) is 32.7 Å². The molecule has 0 atom stereocenters. The lowest BCUT2D eigenvalue weighted by molar-refractivity contribution is 0.197. The van der Waals surface area contributed by atoms with E-state index in [-0.39, 0.29) is 6.03 Å². The summed E-state index contributed by atoms with van der Waals surface area (Å²) in [6.45, 7) is 3.58. The van der Waals surface area contributed by atoms with Crippen LogP contribution in [0, 0.1) is 0 Å². The maximum Gasteiger partial charge on any atom is 0.318 e. The lowest BCUT2D eigenvalue weighted by Crippen LogP contribution is -2.37. The molecule has 140 valence electrons. The summed E-state index contributed by atoms with van der Waals surface area (Å²) in [5.41, 5.74) is 3.85. The van der Waals surface area contributed by atoms with E-state index < -0.39 is 0 Å². The molecule has 0 aliphatic carbocycles. The number of rotatable bonds is 5. The molecule has 8 nitrogen and oxygen atoms in total. The highest BCUT2D eigenvalue weighted by molar-refractivity contribution is 5.75. The van der Waals surface area contributed by atoms with Crippen LogP contribution in [0.15, 0.2) is 34.9 Å². The standard InChI is InChI=1S/C19H22N6O2/c1-3-16-21-18(27-23-16)17-14-11-25(12-15(14)24(2)22-17)19(26)20-10-9-13-7-5-4-6-8-13/h4-8H,3,9-12H2,1-2H3,(H,20,26). The van der Waals surface area contributed by atoms with Crippen LogP contribution in [0.25, 0.3) is 11.6 Å². The first-order chi connectivity index (χ1) is 13.2. The number of aromatic nitrogens is 4. The Labute approximate surface area is 157 Å². The van der Waals surface area contributed by atoms with Gasteiger partial charge in [0.15, 0.2) is 11.5 Å². The van der Waals surface area contributed by atoms with Gasteiger partial charge in [0, 0.05) is 25.6 Å². The molecule has 27 heavy (non-hydrogen) atoms. The van der Waals surface area contributed by atoms with Gasteiger partial charge in [0.1, 0.15) is 0 Å². The number of hydrogen-bond acceptors (Lipinski definition) is 5. The van der Waals surface area contributed by atoms with Crippen LogP contribution in [-0.4, -0.2) is 37.4 Å². The summed E-state index contributed by atoms with van der Waals surface area (Å²) in [5, 5.41) is 11.4. The monoisotopic (exact) mass is 366 g/mol. The second-order valence-corrected chi connectivity index (χ2v) is 6.59. The zero-order chi connectivity index (χ0) is 18.8. The van der Waals surface area contributed by atoms with Gasteiger partial charge >= 0.3 is 6.03 Å². The van der Waals surface area contributed by atoms with E-state index in [1.54, 1.807) is 9.58 Å². The van der Waals surface area contributed by atoms with Crippen LogP contribution in [0.1, 0.15) is 29.6 Å². The number of aryl methyl sites for hydroxylation is 2. The van der Waals surface area contributed by atoms with Crippen molar-refractivity contribution in [3.8, 4) is 11.6 Å². The molecule has 1 aromatic carbocycles. The molecule has 1 N–H and O–H groups in total. The number of fused-ring (bicyclic) bond motifs is 1. The Kier molecular flexibility index (Phi) is 4.62. The topological polar surface area (TPSA) is 89.1 Å². The Morgan fingerprint density at radius 3 is 2.81 bits per heavy atom. The highest BCUT2D eigenvalue weighted by atomic mass is 16.5. The summed E-state index contributed by atoms with van der Waals surface area (Å²) in [6.07, 6.45) is 1.51. The quantitative estimate of drug-likeness (QED) is 0.748. The van der Waals surface area contributed by atoms with Crippen molar-refractivity contribution in [2.75, 3.05) is 6.54 Å². The Morgan fingerprint density at radius 2 is 2.07 bits per heavy atom. The Hall–Kier alpha value is -3.16. The third-order valence-corrected chi connectivity index (χ3v) is 4.77. The number of amides is 2. The van der Waals surface area contributed by atoms with Crippen molar-refractivity contribution in [3.63, 3.8) is 0 Å². The van der Waals surface area contributed by atoms with E-state index in [9.17, 15) is 4.79 Å². The Balaban J connectivity index is 1.41. The minimum atomic E-state index is -0.0761. The number of nitrogens with one attached hydrogen (secondary N) is 1. The number of carbonyl (C=O) groups excluding carboxylic acids is 1. The molecule has 2 aromatic heterocycles. The third kappa shape index (κ3) is 3.42. The summed E-state index contributed by atoms with van der Waals surface area (Å²) in [4.78, 5) is 18.7. The van der Waals surface area contributed by atoms with Gasteiger partial charge in [-0.3, -0.25) is 4.68 Å². The smallest absolute Gasteiger partial charge is 0.318 e. The third-order valence-electron chi connectivity index (χ3n) is 4.77. The first kappa shape index (κ1) is 17.3. The van der Waals surface area contributed by atoms with Crippen molar-refractivity contribution in [2.24, 2.45) is 7.05 Å². The van der Waals surface area contributed by atoms with Crippen molar-refractivity contribution in [1.29, 1.82) is 0 Å². The van der Waals surface area contributed by atoms with Crippen molar-refractivity contribution < 1.29 is 9.32 Å². The van der Waals surface area contributed by atoms with Crippen molar-refractivity contribution in [3.05, 3.63) is 53.0 Å². The average molecular weight is 366 g/mol. The predicted molar refractivity (Wildman–Crippen MR) is 98.7 cm³/mol. The van der Waals surface area contributed by atoms with Crippen LogP contribution < -0.4 is 5.32 Å². The number of nitrogens with zero attached hydrogens (tertiary/aromatic N) is 5. The number of carbonyl (C=O) groups is 1. The van der Waals surface area contributed by atoms with Gasteiger partial charge in [-0.05, 0) is 12.0 Å². The highest BCUT2D eigenvalue weighted by Crippen LogP contribution is 2.31. The van der Waals surface area contributed by atoms with Crippen molar-refractivity contribution in [2.45, 2.75) is 32.9 Å². The SMILES string of the molecule is CCc1noc(-c2nn(C)c3c2CN(C(=O)NCCc2ccccc2)C3)n1. The fourth-order valence-corrected chi connectivity index (χ4v) is 3.27. The number of hydrogen-bond donors (Lipinski definition) is 1. The summed E-state index contributed by atoms with van der Waals surface area (Å²) in [6, 6.07) is 10.0. The predicted octanol–water partition coefficient (Wildman–Crippen LogP) is 2.30. The molecular formula is C19H22N6O2. The Bertz CT molecular complexity index is 947. The summed E-state index contributed by atoms with van der Waals surface area (Å²) >= 11 is 0. The fraction of sp³-hybridized carbons (Fsp3) is 0.368. The molecule has 8 heteroatoms. The van der Waals surface area contributed by atoms with Crippen LogP contribution in [0.4, 0.5) is 4.79 Å². The first-order valence-corrected chi connectivity index (χ1v) is 9.10. The van der Waals surface area contributed by atoms with Crippen LogP contribution in [0.2, 0.25) is 0 Å². The van der Waals surface area contributed by atoms with Gasteiger partial charge in [-0.15, -0.1) is 0 Å². The zero-order valence-electron chi connectivity index (χ0n) is 15.5. The van der Waals surface area contributed by atoms with Crippen molar-refractivity contribution in [1.82, 2.24) is 30.1 Å². The molecule has 0 saturated heterocycles. The Morgan fingerprint density at radius 1 is 1.26 bits per heavy atom. The van der Waals surface area contributed by atoms with Gasteiger partial charge in [0.25, 0.3) is 5.89 Å². The molecule has 0 saturated carbocycles. The van der Waals surface area contributed by atoms with Gasteiger partial charge in [-0.25, -0.2) is 4.79 Å². The van der Waals surface area contributed by atoms with E-state index in [4.69, 9.17) is 4.52 Å². The second-order valence-electron chi connectivity index (χ2n) is 6.59. The molecular weight excluding hydrogens is 344 g/mol. The van der Waals surface area contributed by atoms with Crippen molar-refractivity contribution >= 4 is 6.03 Å². The normalized spacial score (nSPS) is 13.0. The molecule has 0 radical (unpaired) electrons. The lowest BCUT2D eigenvalue weighted by Gasteiger charge is -2.17. The molecule has 1 aliphatic rings. The molecule has 0 unspecified atom stereocenters. The van der Waals surface area contributed by atoms with Gasteiger partial charge in [0.2, 0.25) is 0 Å². The van der Waals surface area contributed by atoms with E-state index in [0.717, 1.165) is 17.7 Å². The second kappa shape index (κ2) is 7.22. The van der Waals surface area contributed by atoms with E-state index in [0.29, 0.717) is 43.5 Å². The summed E-state index contributed by atoms with van der Waals surface area (Å²) in [7, 11) is 1.87. The van der Waals surface area contributed by atoms with E-state index in [1.807, 2.05) is 32.2 Å². The van der Waals surface area contributed by atoms with Crippen LogP contribution in [0.3, 0.4) is 0 Å². The largest absolute Gasteiger partial charge is 0.338 e. The maximum atomic E-state index is 12.5. The first-order valence-electron chi connectivity index (χ1n) is 9.10. The molecule has 3 aromatic rings. The average Bonchev–Trinajstić information content (AvgIpc) is 3.39. The molecule has 0 bridgehead atoms. The number of urea groups is 1. The molecule has 1 aliphatic heterocycles.